The van der Waals surface area contributed by atoms with E-state index in [2.05, 4.69) is 20.8 Å². The fraction of sp³-hybridized carbons (Fsp3) is 0.556. The molecule has 5 heteroatoms. The van der Waals surface area contributed by atoms with Crippen molar-refractivity contribution < 1.29 is 14.3 Å². The molecule has 5 nitrogen and oxygen atoms in total. The Bertz CT molecular complexity index is 529. The van der Waals surface area contributed by atoms with Gasteiger partial charge in [-0.15, -0.1) is 0 Å². The third-order valence-electron chi connectivity index (χ3n) is 3.78. The molecule has 1 aromatic rings. The monoisotopic (exact) mass is 318 g/mol. The van der Waals surface area contributed by atoms with Crippen LogP contribution in [0.15, 0.2) is 30.3 Å². The number of hydrogen-bond acceptors (Lipinski definition) is 3. The fourth-order valence-corrected chi connectivity index (χ4v) is 2.51. The first-order chi connectivity index (χ1) is 10.8. The van der Waals surface area contributed by atoms with Crippen molar-refractivity contribution in [3.63, 3.8) is 0 Å². The van der Waals surface area contributed by atoms with Gasteiger partial charge in [-0.05, 0) is 11.0 Å². The third kappa shape index (κ3) is 5.58. The minimum atomic E-state index is -0.309. The molecular weight excluding hydrogens is 292 g/mol. The van der Waals surface area contributed by atoms with Gasteiger partial charge in [-0.2, -0.15) is 0 Å². The molecule has 0 unspecified atom stereocenters. The van der Waals surface area contributed by atoms with E-state index < -0.39 is 0 Å². The zero-order valence-electron chi connectivity index (χ0n) is 14.2. The zero-order valence-corrected chi connectivity index (χ0v) is 14.2. The molecule has 0 spiro atoms. The van der Waals surface area contributed by atoms with Crippen molar-refractivity contribution in [2.45, 2.75) is 33.8 Å². The molecule has 1 fully saturated rings. The van der Waals surface area contributed by atoms with Crippen LogP contribution in [0.3, 0.4) is 0 Å². The van der Waals surface area contributed by atoms with Crippen LogP contribution in [0, 0.1) is 5.41 Å². The van der Waals surface area contributed by atoms with Crippen molar-refractivity contribution in [3.05, 3.63) is 35.9 Å². The van der Waals surface area contributed by atoms with Crippen LogP contribution in [0.2, 0.25) is 0 Å². The van der Waals surface area contributed by atoms with E-state index in [9.17, 15) is 9.59 Å². The summed E-state index contributed by atoms with van der Waals surface area (Å²) in [5, 5.41) is 0. The molecule has 0 saturated carbocycles. The van der Waals surface area contributed by atoms with Gasteiger partial charge in [0.2, 0.25) is 5.91 Å². The number of rotatable bonds is 3. The smallest absolute Gasteiger partial charge is 0.410 e. The predicted octanol–water partition coefficient (Wildman–Crippen LogP) is 2.90. The van der Waals surface area contributed by atoms with Crippen molar-refractivity contribution in [2.75, 3.05) is 26.2 Å². The van der Waals surface area contributed by atoms with Crippen molar-refractivity contribution in [1.82, 2.24) is 9.80 Å². The Hall–Kier alpha value is -2.04. The van der Waals surface area contributed by atoms with Crippen LogP contribution >= 0.6 is 0 Å². The van der Waals surface area contributed by atoms with Gasteiger partial charge in [0.1, 0.15) is 6.61 Å². The van der Waals surface area contributed by atoms with E-state index in [4.69, 9.17) is 4.74 Å². The lowest BCUT2D eigenvalue weighted by Gasteiger charge is -2.35. The van der Waals surface area contributed by atoms with Crippen LogP contribution in [-0.2, 0) is 16.1 Å². The highest BCUT2D eigenvalue weighted by atomic mass is 16.6. The summed E-state index contributed by atoms with van der Waals surface area (Å²) in [6, 6.07) is 9.62. The Morgan fingerprint density at radius 2 is 1.57 bits per heavy atom. The largest absolute Gasteiger partial charge is 0.445 e. The van der Waals surface area contributed by atoms with E-state index in [0.29, 0.717) is 32.6 Å². The molecule has 0 bridgehead atoms. The van der Waals surface area contributed by atoms with E-state index in [-0.39, 0.29) is 24.0 Å². The van der Waals surface area contributed by atoms with Crippen molar-refractivity contribution in [3.8, 4) is 0 Å². The minimum absolute atomic E-state index is 0.0111. The molecule has 1 aliphatic heterocycles. The van der Waals surface area contributed by atoms with Crippen molar-refractivity contribution >= 4 is 12.0 Å². The minimum Gasteiger partial charge on any atom is -0.445 e. The highest BCUT2D eigenvalue weighted by Crippen LogP contribution is 2.20. The molecule has 1 saturated heterocycles. The van der Waals surface area contributed by atoms with E-state index in [1.807, 2.05) is 35.2 Å². The second-order valence-electron chi connectivity index (χ2n) is 7.15. The molecule has 2 rings (SSSR count). The summed E-state index contributed by atoms with van der Waals surface area (Å²) in [5.41, 5.74) is 0.961. The molecule has 1 aliphatic rings. The molecule has 1 aromatic carbocycles. The first kappa shape index (κ1) is 17.3. The molecular formula is C18H26N2O3. The van der Waals surface area contributed by atoms with Crippen LogP contribution < -0.4 is 0 Å². The van der Waals surface area contributed by atoms with Gasteiger partial charge >= 0.3 is 6.09 Å². The molecule has 0 N–H and O–H groups in total. The number of carbonyl (C=O) groups is 2. The summed E-state index contributed by atoms with van der Waals surface area (Å²) >= 11 is 0. The molecule has 0 radical (unpaired) electrons. The summed E-state index contributed by atoms with van der Waals surface area (Å²) in [6.07, 6.45) is 0.225. The Labute approximate surface area is 138 Å². The van der Waals surface area contributed by atoms with Crippen molar-refractivity contribution in [2.24, 2.45) is 5.41 Å². The van der Waals surface area contributed by atoms with Crippen LogP contribution in [0.5, 0.6) is 0 Å². The van der Waals surface area contributed by atoms with E-state index in [1.165, 1.54) is 0 Å². The molecule has 0 atom stereocenters. The third-order valence-corrected chi connectivity index (χ3v) is 3.78. The lowest BCUT2D eigenvalue weighted by atomic mass is 9.91. The van der Waals surface area contributed by atoms with Gasteiger partial charge in [0, 0.05) is 32.6 Å². The first-order valence-electron chi connectivity index (χ1n) is 8.08. The molecule has 0 aliphatic carbocycles. The Balaban J connectivity index is 1.75. The number of piperazine rings is 1. The normalized spacial score (nSPS) is 15.4. The fourth-order valence-electron chi connectivity index (χ4n) is 2.51. The maximum Gasteiger partial charge on any atom is 0.410 e. The molecule has 23 heavy (non-hydrogen) atoms. The van der Waals surface area contributed by atoms with Gasteiger partial charge in [-0.3, -0.25) is 4.79 Å². The van der Waals surface area contributed by atoms with Gasteiger partial charge in [0.05, 0.1) is 0 Å². The second kappa shape index (κ2) is 7.49. The second-order valence-corrected chi connectivity index (χ2v) is 7.15. The summed E-state index contributed by atoms with van der Waals surface area (Å²) in [7, 11) is 0. The lowest BCUT2D eigenvalue weighted by Crippen LogP contribution is -2.51. The van der Waals surface area contributed by atoms with Gasteiger partial charge in [-0.1, -0.05) is 51.1 Å². The highest BCUT2D eigenvalue weighted by molar-refractivity contribution is 5.77. The average Bonchev–Trinajstić information content (AvgIpc) is 2.52. The molecule has 2 amide bonds. The van der Waals surface area contributed by atoms with E-state index in [1.54, 1.807) is 4.90 Å². The molecule has 126 valence electrons. The number of amides is 2. The van der Waals surface area contributed by atoms with Crippen LogP contribution in [0.4, 0.5) is 4.79 Å². The Morgan fingerprint density at radius 3 is 2.13 bits per heavy atom. The van der Waals surface area contributed by atoms with E-state index in [0.717, 1.165) is 5.56 Å². The zero-order chi connectivity index (χ0) is 16.9. The highest BCUT2D eigenvalue weighted by Gasteiger charge is 2.27. The lowest BCUT2D eigenvalue weighted by molar-refractivity contribution is -0.134. The maximum atomic E-state index is 12.2. The van der Waals surface area contributed by atoms with E-state index >= 15 is 0 Å². The standard InChI is InChI=1S/C18H26N2O3/c1-18(2,3)13-16(21)19-9-11-20(12-10-19)17(22)23-14-15-7-5-4-6-8-15/h4-8H,9-14H2,1-3H3. The maximum absolute atomic E-state index is 12.2. The van der Waals surface area contributed by atoms with Gasteiger partial charge in [0.25, 0.3) is 0 Å². The first-order valence-corrected chi connectivity index (χ1v) is 8.08. The average molecular weight is 318 g/mol. The number of benzene rings is 1. The topological polar surface area (TPSA) is 49.9 Å². The summed E-state index contributed by atoms with van der Waals surface area (Å²) in [4.78, 5) is 27.8. The summed E-state index contributed by atoms with van der Waals surface area (Å²) in [5.74, 6) is 0.162. The van der Waals surface area contributed by atoms with Crippen molar-refractivity contribution in [1.29, 1.82) is 0 Å². The number of carbonyl (C=O) groups excluding carboxylic acids is 2. The SMILES string of the molecule is CC(C)(C)CC(=O)N1CCN(C(=O)OCc2ccccc2)CC1. The Morgan fingerprint density at radius 1 is 1.00 bits per heavy atom. The number of hydrogen-bond donors (Lipinski definition) is 0. The van der Waals surface area contributed by atoms with Gasteiger partial charge in [0.15, 0.2) is 0 Å². The summed E-state index contributed by atoms with van der Waals surface area (Å²) < 4.78 is 5.33. The number of ether oxygens (including phenoxy) is 1. The Kier molecular flexibility index (Phi) is 5.64. The quantitative estimate of drug-likeness (QED) is 0.861. The number of nitrogens with zero attached hydrogens (tertiary/aromatic N) is 2. The predicted molar refractivity (Wildman–Crippen MR) is 88.9 cm³/mol. The molecule has 1 heterocycles. The van der Waals surface area contributed by atoms with Crippen LogP contribution in [0.1, 0.15) is 32.8 Å². The summed E-state index contributed by atoms with van der Waals surface area (Å²) in [6.45, 7) is 8.67. The molecule has 0 aromatic heterocycles. The van der Waals surface area contributed by atoms with Crippen LogP contribution in [0.25, 0.3) is 0 Å². The van der Waals surface area contributed by atoms with Gasteiger partial charge < -0.3 is 14.5 Å². The van der Waals surface area contributed by atoms with Gasteiger partial charge in [-0.25, -0.2) is 4.79 Å². The van der Waals surface area contributed by atoms with Crippen LogP contribution in [-0.4, -0.2) is 48.0 Å².